The molecule has 0 atom stereocenters. The monoisotopic (exact) mass is 238 g/mol. The molecule has 3 rings (SSSR count). The van der Waals surface area contributed by atoms with Crippen molar-refractivity contribution in [1.29, 1.82) is 0 Å². The average molecular weight is 238 g/mol. The lowest BCUT2D eigenvalue weighted by Crippen LogP contribution is -2.00. The minimum atomic E-state index is 0.686. The first-order chi connectivity index (χ1) is 8.74. The normalized spacial score (nSPS) is 10.9. The third-order valence-electron chi connectivity index (χ3n) is 3.06. The number of nitrogens with two attached hydrogens (primary N) is 1. The Labute approximate surface area is 105 Å². The van der Waals surface area contributed by atoms with Crippen LogP contribution in [0.1, 0.15) is 11.4 Å². The van der Waals surface area contributed by atoms with E-state index >= 15 is 0 Å². The second-order valence-electron chi connectivity index (χ2n) is 4.38. The molecule has 0 amide bonds. The zero-order valence-electron chi connectivity index (χ0n) is 10.2. The molecule has 0 aliphatic rings. The van der Waals surface area contributed by atoms with Crippen LogP contribution in [0.4, 0.5) is 5.69 Å². The zero-order chi connectivity index (χ0) is 12.5. The van der Waals surface area contributed by atoms with Gasteiger partial charge in [-0.15, -0.1) is 0 Å². The maximum atomic E-state index is 5.74. The summed E-state index contributed by atoms with van der Waals surface area (Å²) in [6, 6.07) is 10.1. The number of nitrogen functional groups attached to an aromatic ring is 1. The van der Waals surface area contributed by atoms with Gasteiger partial charge in [-0.3, -0.25) is 4.98 Å². The minimum absolute atomic E-state index is 0.686. The van der Waals surface area contributed by atoms with Gasteiger partial charge >= 0.3 is 0 Å². The standard InChI is InChI=1S/C14H14N4/c1-18-13-5-3-2-4-12(13)17-14(18)7-10-6-11(15)9-16-8-10/h2-6,8-9H,7,15H2,1H3. The molecule has 0 spiro atoms. The summed E-state index contributed by atoms with van der Waals surface area (Å²) >= 11 is 0. The van der Waals surface area contributed by atoms with Crippen LogP contribution in [-0.2, 0) is 13.5 Å². The number of imidazole rings is 1. The van der Waals surface area contributed by atoms with Crippen LogP contribution in [0.3, 0.4) is 0 Å². The van der Waals surface area contributed by atoms with Crippen molar-refractivity contribution in [3.63, 3.8) is 0 Å². The highest BCUT2D eigenvalue weighted by Crippen LogP contribution is 2.17. The van der Waals surface area contributed by atoms with Gasteiger partial charge in [0.1, 0.15) is 5.82 Å². The third-order valence-corrected chi connectivity index (χ3v) is 3.06. The van der Waals surface area contributed by atoms with Crippen molar-refractivity contribution in [2.45, 2.75) is 6.42 Å². The molecule has 4 heteroatoms. The molecular weight excluding hydrogens is 224 g/mol. The summed E-state index contributed by atoms with van der Waals surface area (Å²) < 4.78 is 2.11. The van der Waals surface area contributed by atoms with Crippen molar-refractivity contribution in [3.05, 3.63) is 54.1 Å². The maximum Gasteiger partial charge on any atom is 0.114 e. The first-order valence-corrected chi connectivity index (χ1v) is 5.84. The van der Waals surface area contributed by atoms with Crippen LogP contribution in [0.2, 0.25) is 0 Å². The quantitative estimate of drug-likeness (QED) is 0.744. The predicted octanol–water partition coefficient (Wildman–Crippen LogP) is 2.14. The summed E-state index contributed by atoms with van der Waals surface area (Å²) in [5, 5.41) is 0. The molecule has 0 unspecified atom stereocenters. The molecule has 0 radical (unpaired) electrons. The molecule has 2 heterocycles. The highest BCUT2D eigenvalue weighted by atomic mass is 15.1. The molecule has 90 valence electrons. The second-order valence-corrected chi connectivity index (χ2v) is 4.38. The van der Waals surface area contributed by atoms with Gasteiger partial charge in [-0.1, -0.05) is 12.1 Å². The molecule has 18 heavy (non-hydrogen) atoms. The Morgan fingerprint density at radius 2 is 2.06 bits per heavy atom. The molecule has 1 aromatic carbocycles. The summed E-state index contributed by atoms with van der Waals surface area (Å²) in [7, 11) is 2.03. The second kappa shape index (κ2) is 4.14. The van der Waals surface area contributed by atoms with Crippen LogP contribution in [0.25, 0.3) is 11.0 Å². The van der Waals surface area contributed by atoms with Gasteiger partial charge in [-0.05, 0) is 23.8 Å². The van der Waals surface area contributed by atoms with Crippen molar-refractivity contribution in [3.8, 4) is 0 Å². The molecule has 0 bridgehead atoms. The first-order valence-electron chi connectivity index (χ1n) is 5.84. The number of nitrogens with zero attached hydrogens (tertiary/aromatic N) is 3. The van der Waals surface area contributed by atoms with Gasteiger partial charge in [-0.25, -0.2) is 4.98 Å². The molecule has 4 nitrogen and oxygen atoms in total. The van der Waals surface area contributed by atoms with Crippen LogP contribution in [0.15, 0.2) is 42.7 Å². The Morgan fingerprint density at radius 1 is 1.22 bits per heavy atom. The van der Waals surface area contributed by atoms with Gasteiger partial charge in [0.25, 0.3) is 0 Å². The molecule has 3 aromatic rings. The van der Waals surface area contributed by atoms with Gasteiger partial charge in [0.15, 0.2) is 0 Å². The van der Waals surface area contributed by atoms with Crippen molar-refractivity contribution in [2.24, 2.45) is 7.05 Å². The van der Waals surface area contributed by atoms with E-state index in [1.807, 2.05) is 37.5 Å². The molecule has 0 saturated carbocycles. The summed E-state index contributed by atoms with van der Waals surface area (Å²) in [6.07, 6.45) is 4.22. The van der Waals surface area contributed by atoms with Gasteiger partial charge in [0.2, 0.25) is 0 Å². The smallest absolute Gasteiger partial charge is 0.114 e. The van der Waals surface area contributed by atoms with E-state index in [4.69, 9.17) is 5.73 Å². The molecule has 0 aliphatic carbocycles. The minimum Gasteiger partial charge on any atom is -0.397 e. The van der Waals surface area contributed by atoms with Crippen LogP contribution in [0.5, 0.6) is 0 Å². The number of pyridine rings is 1. The van der Waals surface area contributed by atoms with Gasteiger partial charge < -0.3 is 10.3 Å². The molecule has 0 fully saturated rings. The molecule has 0 aliphatic heterocycles. The van der Waals surface area contributed by atoms with Crippen LogP contribution in [0, 0.1) is 0 Å². The van der Waals surface area contributed by atoms with E-state index in [1.165, 1.54) is 0 Å². The van der Waals surface area contributed by atoms with E-state index in [0.29, 0.717) is 5.69 Å². The Kier molecular flexibility index (Phi) is 2.48. The van der Waals surface area contributed by atoms with E-state index in [1.54, 1.807) is 6.20 Å². The molecular formula is C14H14N4. The summed E-state index contributed by atoms with van der Waals surface area (Å²) in [4.78, 5) is 8.73. The van der Waals surface area contributed by atoms with Crippen LogP contribution >= 0.6 is 0 Å². The van der Waals surface area contributed by atoms with Crippen molar-refractivity contribution in [1.82, 2.24) is 14.5 Å². The van der Waals surface area contributed by atoms with E-state index in [-0.39, 0.29) is 0 Å². The third kappa shape index (κ3) is 1.82. The van der Waals surface area contributed by atoms with E-state index in [2.05, 4.69) is 20.6 Å². The number of fused-ring (bicyclic) bond motifs is 1. The fourth-order valence-electron chi connectivity index (χ4n) is 2.14. The van der Waals surface area contributed by atoms with E-state index < -0.39 is 0 Å². The fraction of sp³-hybridized carbons (Fsp3) is 0.143. The van der Waals surface area contributed by atoms with Crippen LogP contribution in [-0.4, -0.2) is 14.5 Å². The van der Waals surface area contributed by atoms with Crippen molar-refractivity contribution < 1.29 is 0 Å². The average Bonchev–Trinajstić information content (AvgIpc) is 2.67. The summed E-state index contributed by atoms with van der Waals surface area (Å²) in [5.41, 5.74) is 9.66. The van der Waals surface area contributed by atoms with Crippen LogP contribution < -0.4 is 5.73 Å². The SMILES string of the molecule is Cn1c(Cc2cncc(N)c2)nc2ccccc21. The zero-order valence-corrected chi connectivity index (χ0v) is 10.2. The maximum absolute atomic E-state index is 5.74. The summed E-state index contributed by atoms with van der Waals surface area (Å²) in [6.45, 7) is 0. The number of aryl methyl sites for hydroxylation is 1. The number of para-hydroxylation sites is 2. The fourth-order valence-corrected chi connectivity index (χ4v) is 2.14. The lowest BCUT2D eigenvalue weighted by Gasteiger charge is -2.03. The number of hydrogen-bond donors (Lipinski definition) is 1. The van der Waals surface area contributed by atoms with E-state index in [9.17, 15) is 0 Å². The van der Waals surface area contributed by atoms with Gasteiger partial charge in [0.05, 0.1) is 16.7 Å². The van der Waals surface area contributed by atoms with E-state index in [0.717, 1.165) is 28.8 Å². The van der Waals surface area contributed by atoms with Crippen molar-refractivity contribution >= 4 is 16.7 Å². The number of benzene rings is 1. The van der Waals surface area contributed by atoms with Gasteiger partial charge in [0, 0.05) is 25.9 Å². The topological polar surface area (TPSA) is 56.7 Å². The predicted molar refractivity (Wildman–Crippen MR) is 72.2 cm³/mol. The highest BCUT2D eigenvalue weighted by Gasteiger charge is 2.07. The molecule has 0 saturated heterocycles. The Morgan fingerprint density at radius 3 is 2.83 bits per heavy atom. The lowest BCUT2D eigenvalue weighted by atomic mass is 10.2. The molecule has 2 N–H and O–H groups in total. The van der Waals surface area contributed by atoms with Crippen molar-refractivity contribution in [2.75, 3.05) is 5.73 Å². The van der Waals surface area contributed by atoms with Gasteiger partial charge in [-0.2, -0.15) is 0 Å². The largest absolute Gasteiger partial charge is 0.397 e. The number of anilines is 1. The lowest BCUT2D eigenvalue weighted by molar-refractivity contribution is 0.843. The highest BCUT2D eigenvalue weighted by molar-refractivity contribution is 5.75. The first kappa shape index (κ1) is 10.8. The number of hydrogen-bond acceptors (Lipinski definition) is 3. The summed E-state index contributed by atoms with van der Waals surface area (Å²) in [5.74, 6) is 1.02. The number of aromatic nitrogens is 3. The Hall–Kier alpha value is -2.36. The number of rotatable bonds is 2. The molecule has 2 aromatic heterocycles. The Balaban J connectivity index is 2.02. The Bertz CT molecular complexity index is 700.